The molecular weight excluding hydrogens is 274 g/mol. The minimum atomic E-state index is -0.768. The van der Waals surface area contributed by atoms with E-state index in [0.29, 0.717) is 5.92 Å². The molecule has 1 rings (SSSR count). The molecule has 0 radical (unpaired) electrons. The number of rotatable bonds is 7. The largest absolute Gasteiger partial charge is 0.383 e. The molecule has 0 bridgehead atoms. The second kappa shape index (κ2) is 7.96. The van der Waals surface area contributed by atoms with Crippen LogP contribution < -0.4 is 10.6 Å². The van der Waals surface area contributed by atoms with E-state index in [1.165, 1.54) is 7.05 Å². The highest BCUT2D eigenvalue weighted by molar-refractivity contribution is 5.94. The average molecular weight is 298 g/mol. The first-order valence-electron chi connectivity index (χ1n) is 7.32. The number of halogens is 2. The van der Waals surface area contributed by atoms with Gasteiger partial charge in [-0.15, -0.1) is 0 Å². The van der Waals surface area contributed by atoms with Crippen molar-refractivity contribution >= 4 is 11.6 Å². The van der Waals surface area contributed by atoms with Gasteiger partial charge in [0, 0.05) is 18.7 Å². The SMILES string of the molecule is CNc1c(F)cc(C(=O)NC(C)CCCC(C)C)cc1F. The maximum atomic E-state index is 13.6. The molecule has 1 amide bonds. The summed E-state index contributed by atoms with van der Waals surface area (Å²) in [6, 6.07) is 2.07. The molecule has 3 nitrogen and oxygen atoms in total. The average Bonchev–Trinajstić information content (AvgIpc) is 2.37. The topological polar surface area (TPSA) is 41.1 Å². The first-order valence-corrected chi connectivity index (χ1v) is 7.32. The second-order valence-electron chi connectivity index (χ2n) is 5.76. The lowest BCUT2D eigenvalue weighted by molar-refractivity contribution is 0.0937. The zero-order valence-electron chi connectivity index (χ0n) is 13.1. The van der Waals surface area contributed by atoms with Crippen molar-refractivity contribution in [3.8, 4) is 0 Å². The van der Waals surface area contributed by atoms with Crippen molar-refractivity contribution in [1.29, 1.82) is 0 Å². The van der Waals surface area contributed by atoms with Gasteiger partial charge in [0.1, 0.15) is 17.3 Å². The molecule has 0 aliphatic carbocycles. The van der Waals surface area contributed by atoms with Gasteiger partial charge in [0.15, 0.2) is 0 Å². The number of amides is 1. The highest BCUT2D eigenvalue weighted by atomic mass is 19.1. The van der Waals surface area contributed by atoms with Gasteiger partial charge in [-0.2, -0.15) is 0 Å². The fourth-order valence-electron chi connectivity index (χ4n) is 2.15. The smallest absolute Gasteiger partial charge is 0.251 e. The summed E-state index contributed by atoms with van der Waals surface area (Å²) in [4.78, 5) is 12.0. The fraction of sp³-hybridized carbons (Fsp3) is 0.562. The van der Waals surface area contributed by atoms with Gasteiger partial charge in [-0.25, -0.2) is 8.78 Å². The van der Waals surface area contributed by atoms with Gasteiger partial charge in [0.25, 0.3) is 5.91 Å². The summed E-state index contributed by atoms with van der Waals surface area (Å²) in [5.41, 5.74) is -0.226. The summed E-state index contributed by atoms with van der Waals surface area (Å²) in [5, 5.41) is 5.20. The van der Waals surface area contributed by atoms with Crippen LogP contribution in [0.4, 0.5) is 14.5 Å². The van der Waals surface area contributed by atoms with E-state index >= 15 is 0 Å². The predicted octanol–water partition coefficient (Wildman–Crippen LogP) is 3.95. The first kappa shape index (κ1) is 17.4. The van der Waals surface area contributed by atoms with Crippen molar-refractivity contribution in [2.24, 2.45) is 5.92 Å². The van der Waals surface area contributed by atoms with Crippen LogP contribution in [0.15, 0.2) is 12.1 Å². The molecule has 1 aromatic carbocycles. The van der Waals surface area contributed by atoms with E-state index in [2.05, 4.69) is 24.5 Å². The lowest BCUT2D eigenvalue weighted by Gasteiger charge is -2.15. The van der Waals surface area contributed by atoms with Crippen molar-refractivity contribution in [2.45, 2.75) is 46.1 Å². The second-order valence-corrected chi connectivity index (χ2v) is 5.76. The Balaban J connectivity index is 2.63. The van der Waals surface area contributed by atoms with Crippen molar-refractivity contribution in [1.82, 2.24) is 5.32 Å². The Kier molecular flexibility index (Phi) is 6.59. The van der Waals surface area contributed by atoms with Crippen molar-refractivity contribution < 1.29 is 13.6 Å². The molecule has 5 heteroatoms. The number of nitrogens with one attached hydrogen (secondary N) is 2. The molecule has 2 N–H and O–H groups in total. The molecule has 0 saturated heterocycles. The van der Waals surface area contributed by atoms with Gasteiger partial charge in [0.05, 0.1) is 0 Å². The summed E-state index contributed by atoms with van der Waals surface area (Å²) in [6.45, 7) is 6.20. The molecule has 0 fully saturated rings. The predicted molar refractivity (Wildman–Crippen MR) is 81.5 cm³/mol. The van der Waals surface area contributed by atoms with Crippen molar-refractivity contribution in [3.63, 3.8) is 0 Å². The molecule has 0 aliphatic heterocycles. The standard InChI is InChI=1S/C16H24F2N2O/c1-10(2)6-5-7-11(3)20-16(21)12-8-13(17)15(19-4)14(18)9-12/h8-11,19H,5-7H2,1-4H3,(H,20,21). The van der Waals surface area contributed by atoms with Gasteiger partial charge >= 0.3 is 0 Å². The van der Waals surface area contributed by atoms with E-state index in [4.69, 9.17) is 0 Å². The minimum absolute atomic E-state index is 0.000269. The lowest BCUT2D eigenvalue weighted by atomic mass is 10.0. The number of hydrogen-bond donors (Lipinski definition) is 2. The highest BCUT2D eigenvalue weighted by Crippen LogP contribution is 2.20. The quantitative estimate of drug-likeness (QED) is 0.800. The summed E-state index contributed by atoms with van der Waals surface area (Å²) in [7, 11) is 1.43. The molecule has 0 aliphatic rings. The third-order valence-corrected chi connectivity index (χ3v) is 3.35. The maximum Gasteiger partial charge on any atom is 0.251 e. The number of benzene rings is 1. The van der Waals surface area contributed by atoms with Crippen molar-refractivity contribution in [2.75, 3.05) is 12.4 Å². The van der Waals surface area contributed by atoms with Crippen LogP contribution in [0.5, 0.6) is 0 Å². The van der Waals surface area contributed by atoms with Gasteiger partial charge in [-0.05, 0) is 31.4 Å². The molecule has 0 spiro atoms. The van der Waals surface area contributed by atoms with Gasteiger partial charge in [-0.3, -0.25) is 4.79 Å². The van der Waals surface area contributed by atoms with E-state index < -0.39 is 17.5 Å². The van der Waals surface area contributed by atoms with Crippen LogP contribution in [0.25, 0.3) is 0 Å². The summed E-state index contributed by atoms with van der Waals surface area (Å²) in [6.07, 6.45) is 2.96. The van der Waals surface area contributed by atoms with E-state index in [9.17, 15) is 13.6 Å². The van der Waals surface area contributed by atoms with E-state index in [0.717, 1.165) is 31.4 Å². The molecule has 1 atom stereocenters. The van der Waals surface area contributed by atoms with Crippen molar-refractivity contribution in [3.05, 3.63) is 29.3 Å². The van der Waals surface area contributed by atoms with E-state index in [-0.39, 0.29) is 17.3 Å². The molecule has 0 aromatic heterocycles. The monoisotopic (exact) mass is 298 g/mol. The normalized spacial score (nSPS) is 12.3. The van der Waals surface area contributed by atoms with Crippen LogP contribution in [0.2, 0.25) is 0 Å². The molecule has 21 heavy (non-hydrogen) atoms. The minimum Gasteiger partial charge on any atom is -0.383 e. The van der Waals surface area contributed by atoms with Crippen LogP contribution in [0.3, 0.4) is 0 Å². The summed E-state index contributed by atoms with van der Waals surface area (Å²) < 4.78 is 27.2. The van der Waals surface area contributed by atoms with Crippen LogP contribution >= 0.6 is 0 Å². The number of anilines is 1. The fourth-order valence-corrected chi connectivity index (χ4v) is 2.15. The van der Waals surface area contributed by atoms with Gasteiger partial charge < -0.3 is 10.6 Å². The van der Waals surface area contributed by atoms with E-state index in [1.54, 1.807) is 0 Å². The van der Waals surface area contributed by atoms with Gasteiger partial charge in [0.2, 0.25) is 0 Å². The highest BCUT2D eigenvalue weighted by Gasteiger charge is 2.15. The molecule has 118 valence electrons. The molecule has 1 aromatic rings. The molecule has 0 heterocycles. The summed E-state index contributed by atoms with van der Waals surface area (Å²) >= 11 is 0. The van der Waals surface area contributed by atoms with Crippen LogP contribution in [-0.2, 0) is 0 Å². The van der Waals surface area contributed by atoms with Gasteiger partial charge in [-0.1, -0.05) is 26.7 Å². The van der Waals surface area contributed by atoms with Crippen LogP contribution in [0.1, 0.15) is 50.4 Å². The Morgan fingerprint density at radius 2 is 1.71 bits per heavy atom. The third-order valence-electron chi connectivity index (χ3n) is 3.35. The number of carbonyl (C=O) groups is 1. The Morgan fingerprint density at radius 1 is 1.14 bits per heavy atom. The van der Waals surface area contributed by atoms with Crippen LogP contribution in [-0.4, -0.2) is 19.0 Å². The zero-order valence-corrected chi connectivity index (χ0v) is 13.1. The number of hydrogen-bond acceptors (Lipinski definition) is 2. The van der Waals surface area contributed by atoms with E-state index in [1.807, 2.05) is 6.92 Å². The zero-order chi connectivity index (χ0) is 16.0. The lowest BCUT2D eigenvalue weighted by Crippen LogP contribution is -2.32. The third kappa shape index (κ3) is 5.33. The Morgan fingerprint density at radius 3 is 2.19 bits per heavy atom. The summed E-state index contributed by atoms with van der Waals surface area (Å²) in [5.74, 6) is -1.36. The molecule has 1 unspecified atom stereocenters. The van der Waals surface area contributed by atoms with Crippen LogP contribution in [0, 0.1) is 17.6 Å². The Labute approximate surface area is 125 Å². The first-order chi connectivity index (χ1) is 9.85. The Bertz CT molecular complexity index is 466. The number of carbonyl (C=O) groups excluding carboxylic acids is 1. The Hall–Kier alpha value is -1.65. The molecular formula is C16H24F2N2O. The maximum absolute atomic E-state index is 13.6. The molecule has 0 saturated carbocycles.